The fourth-order valence-corrected chi connectivity index (χ4v) is 11.6. The number of nitrogens with two attached hydrogens (primary N) is 5. The Hall–Kier alpha value is -6.54. The van der Waals surface area contributed by atoms with Gasteiger partial charge in [0.25, 0.3) is 0 Å². The van der Waals surface area contributed by atoms with Gasteiger partial charge >= 0.3 is 0 Å². The van der Waals surface area contributed by atoms with Crippen molar-refractivity contribution in [1.82, 2.24) is 41.5 Å². The van der Waals surface area contributed by atoms with Gasteiger partial charge in [-0.15, -0.1) is 0 Å². The molecule has 0 saturated carbocycles. The minimum Gasteiger partial charge on any atom is -0.369 e. The van der Waals surface area contributed by atoms with Crippen LogP contribution in [0.2, 0.25) is 5.02 Å². The van der Waals surface area contributed by atoms with Crippen molar-refractivity contribution < 1.29 is 46.8 Å². The molecule has 0 spiro atoms. The number of carbonyl (C=O) groups is 8. The second kappa shape index (κ2) is 39.4. The standard InChI is InChI=1S/C62H98ClN13O10S/c1-40(2)32-52(73-56(78)48(67)36-44-22-11-8-12-23-44)60(82)72-51(28-15-18-31-66)59(81)74-54(34-42(5)6)62(84)75-53(33-41(3)4)61(83)71-50(27-14-17-30-65)58(80)70-49(26-13-16-29-64)57(79)69-46(35-43-20-9-7-10-21-43)38-76(39-55(68)77)87(85,86)47-25-19-24-45(63)37-47/h7-12,19-25,37,40-42,46,48-54H,13-18,26-36,38-39,64-67H2,1-6H3,(H2,68,77)(H,69,79)(H,70,80)(H,71,83)(H,72,82)(H,73,78)(H,74,81)(H,75,84)/t46-,48-,49-,50-,51-,52-,53-,54-/m0/s1. The Labute approximate surface area is 519 Å². The molecular weight excluding hydrogens is 1150 g/mol. The quantitative estimate of drug-likeness (QED) is 0.0363. The molecule has 0 unspecified atom stereocenters. The molecule has 3 rings (SSSR count). The Morgan fingerprint density at radius 1 is 0.471 bits per heavy atom. The largest absolute Gasteiger partial charge is 0.369 e. The monoisotopic (exact) mass is 1250 g/mol. The summed E-state index contributed by atoms with van der Waals surface area (Å²) in [7, 11) is -4.41. The highest BCUT2D eigenvalue weighted by atomic mass is 35.5. The maximum absolute atomic E-state index is 14.6. The van der Waals surface area contributed by atoms with Crippen LogP contribution >= 0.6 is 11.6 Å². The maximum atomic E-state index is 14.6. The van der Waals surface area contributed by atoms with Gasteiger partial charge < -0.3 is 65.9 Å². The molecular formula is C62H98ClN13O10S. The SMILES string of the molecule is CC(C)C[C@H](NC(=O)[C@H](CC(C)C)NC(=O)[C@H](CCCCN)NC(=O)[C@H](CC(C)C)NC(=O)[C@@H](N)Cc1ccccc1)C(=O)N[C@@H](CCCCN)C(=O)N[C@@H](CCCCN)C(=O)N[C@@H](Cc1ccccc1)CN(CC(N)=O)S(=O)(=O)c1cccc(Cl)c1. The van der Waals surface area contributed by atoms with E-state index in [1.54, 1.807) is 30.3 Å². The second-order valence-electron chi connectivity index (χ2n) is 23.5. The van der Waals surface area contributed by atoms with Gasteiger partial charge in [-0.3, -0.25) is 38.4 Å². The number of hydrogen-bond acceptors (Lipinski definition) is 14. The molecule has 0 fully saturated rings. The van der Waals surface area contributed by atoms with Gasteiger partial charge in [0.2, 0.25) is 57.3 Å². The average molecular weight is 1250 g/mol. The summed E-state index contributed by atoms with van der Waals surface area (Å²) in [5, 5.41) is 20.0. The summed E-state index contributed by atoms with van der Waals surface area (Å²) in [6.45, 7) is 10.9. The van der Waals surface area contributed by atoms with Crippen LogP contribution < -0.4 is 65.9 Å². The molecule has 17 N–H and O–H groups in total. The maximum Gasteiger partial charge on any atom is 0.243 e. The lowest BCUT2D eigenvalue weighted by Crippen LogP contribution is -2.60. The second-order valence-corrected chi connectivity index (χ2v) is 25.9. The van der Waals surface area contributed by atoms with E-state index in [0.717, 1.165) is 15.4 Å². The number of halogens is 1. The number of carbonyl (C=O) groups excluding carboxylic acids is 8. The predicted molar refractivity (Wildman–Crippen MR) is 338 cm³/mol. The van der Waals surface area contributed by atoms with Gasteiger partial charge in [-0.2, -0.15) is 4.31 Å². The van der Waals surface area contributed by atoms with E-state index in [9.17, 15) is 46.8 Å². The molecule has 3 aromatic rings. The van der Waals surface area contributed by atoms with E-state index in [1.165, 1.54) is 24.3 Å². The molecule has 0 aliphatic heterocycles. The van der Waals surface area contributed by atoms with Crippen molar-refractivity contribution in [3.63, 3.8) is 0 Å². The number of nitrogens with zero attached hydrogens (tertiary/aromatic N) is 1. The molecule has 484 valence electrons. The summed E-state index contributed by atoms with van der Waals surface area (Å²) in [5.74, 6) is -5.93. The van der Waals surface area contributed by atoms with Crippen molar-refractivity contribution in [1.29, 1.82) is 0 Å². The molecule has 87 heavy (non-hydrogen) atoms. The van der Waals surface area contributed by atoms with Crippen LogP contribution in [0.3, 0.4) is 0 Å². The van der Waals surface area contributed by atoms with Crippen molar-refractivity contribution in [3.8, 4) is 0 Å². The first-order chi connectivity index (χ1) is 41.3. The first kappa shape index (κ1) is 74.7. The molecule has 0 aliphatic rings. The first-order valence-corrected chi connectivity index (χ1v) is 32.2. The predicted octanol–water partition coefficient (Wildman–Crippen LogP) is 2.55. The highest BCUT2D eigenvalue weighted by Gasteiger charge is 2.36. The zero-order valence-electron chi connectivity index (χ0n) is 51.6. The number of sulfonamides is 1. The molecule has 25 heteroatoms. The lowest BCUT2D eigenvalue weighted by molar-refractivity contribution is -0.136. The van der Waals surface area contributed by atoms with Crippen LogP contribution in [-0.2, 0) is 61.2 Å². The van der Waals surface area contributed by atoms with Crippen LogP contribution in [-0.4, -0.2) is 141 Å². The van der Waals surface area contributed by atoms with Gasteiger partial charge in [0, 0.05) is 17.6 Å². The lowest BCUT2D eigenvalue weighted by Gasteiger charge is -2.30. The van der Waals surface area contributed by atoms with Gasteiger partial charge in [-0.1, -0.05) is 120 Å². The van der Waals surface area contributed by atoms with E-state index in [4.69, 9.17) is 40.3 Å². The summed E-state index contributed by atoms with van der Waals surface area (Å²) in [6, 6.07) is 14.6. The lowest BCUT2D eigenvalue weighted by atomic mass is 9.98. The fourth-order valence-electron chi connectivity index (χ4n) is 9.80. The van der Waals surface area contributed by atoms with Crippen LogP contribution in [0, 0.1) is 17.8 Å². The minimum atomic E-state index is -4.41. The highest BCUT2D eigenvalue weighted by molar-refractivity contribution is 7.89. The summed E-state index contributed by atoms with van der Waals surface area (Å²) in [5.41, 5.74) is 31.0. The van der Waals surface area contributed by atoms with E-state index in [1.807, 2.05) is 71.9 Å². The van der Waals surface area contributed by atoms with Crippen LogP contribution in [0.4, 0.5) is 0 Å². The third-order valence-electron chi connectivity index (χ3n) is 14.3. The van der Waals surface area contributed by atoms with Gasteiger partial charge in [-0.25, -0.2) is 8.42 Å². The van der Waals surface area contributed by atoms with E-state index in [2.05, 4.69) is 37.2 Å². The van der Waals surface area contributed by atoms with Crippen molar-refractivity contribution in [2.75, 3.05) is 32.7 Å². The molecule has 23 nitrogen and oxygen atoms in total. The number of unbranched alkanes of at least 4 members (excludes halogenated alkanes) is 3. The number of amides is 8. The topological polar surface area (TPSA) is 388 Å². The molecule has 0 radical (unpaired) electrons. The van der Waals surface area contributed by atoms with Crippen molar-refractivity contribution in [2.45, 2.75) is 185 Å². The molecule has 0 bridgehead atoms. The van der Waals surface area contributed by atoms with Gasteiger partial charge in [-0.05, 0) is 157 Å². The van der Waals surface area contributed by atoms with Crippen molar-refractivity contribution >= 4 is 68.9 Å². The Kier molecular flexibility index (Phi) is 33.8. The van der Waals surface area contributed by atoms with E-state index in [0.29, 0.717) is 45.1 Å². The Balaban J connectivity index is 1.93. The van der Waals surface area contributed by atoms with Crippen LogP contribution in [0.25, 0.3) is 0 Å². The van der Waals surface area contributed by atoms with Crippen molar-refractivity contribution in [2.24, 2.45) is 46.4 Å². The van der Waals surface area contributed by atoms with Gasteiger partial charge in [0.15, 0.2) is 0 Å². The first-order valence-electron chi connectivity index (χ1n) is 30.4. The Bertz CT molecular complexity index is 2750. The van der Waals surface area contributed by atoms with Crippen LogP contribution in [0.5, 0.6) is 0 Å². The van der Waals surface area contributed by atoms with Crippen LogP contribution in [0.15, 0.2) is 89.8 Å². The third kappa shape index (κ3) is 28.0. The smallest absolute Gasteiger partial charge is 0.243 e. The third-order valence-corrected chi connectivity index (χ3v) is 16.3. The molecule has 0 saturated heterocycles. The average Bonchev–Trinajstić information content (AvgIpc) is 2.20. The molecule has 8 atom stereocenters. The molecule has 0 heterocycles. The zero-order valence-corrected chi connectivity index (χ0v) is 53.1. The molecule has 0 aliphatic carbocycles. The van der Waals surface area contributed by atoms with E-state index in [-0.39, 0.29) is 92.1 Å². The van der Waals surface area contributed by atoms with Crippen molar-refractivity contribution in [3.05, 3.63) is 101 Å². The van der Waals surface area contributed by atoms with Gasteiger partial charge in [0.1, 0.15) is 36.3 Å². The Morgan fingerprint density at radius 2 is 0.828 bits per heavy atom. The van der Waals surface area contributed by atoms with E-state index >= 15 is 0 Å². The fraction of sp³-hybridized carbons (Fsp3) is 0.581. The Morgan fingerprint density at radius 3 is 1.20 bits per heavy atom. The number of nitrogens with one attached hydrogen (secondary N) is 7. The number of hydrogen-bond donors (Lipinski definition) is 12. The summed E-state index contributed by atoms with van der Waals surface area (Å²) in [6.07, 6.45) is 3.85. The summed E-state index contributed by atoms with van der Waals surface area (Å²) < 4.78 is 29.0. The summed E-state index contributed by atoms with van der Waals surface area (Å²) in [4.78, 5) is 112. The van der Waals surface area contributed by atoms with Crippen LogP contribution in [0.1, 0.15) is 130 Å². The summed E-state index contributed by atoms with van der Waals surface area (Å²) >= 11 is 6.18. The minimum absolute atomic E-state index is 0.0430. The van der Waals surface area contributed by atoms with E-state index < -0.39 is 119 Å². The van der Waals surface area contributed by atoms with Gasteiger partial charge in [0.05, 0.1) is 17.5 Å². The number of primary amides is 1. The molecule has 8 amide bonds. The normalized spacial score (nSPS) is 14.4. The zero-order chi connectivity index (χ0) is 64.6. The molecule has 0 aromatic heterocycles. The molecule has 3 aromatic carbocycles. The number of benzene rings is 3. The highest BCUT2D eigenvalue weighted by Crippen LogP contribution is 2.22. The number of rotatable bonds is 42.